The van der Waals surface area contributed by atoms with Gasteiger partial charge in [0.2, 0.25) is 0 Å². The second kappa shape index (κ2) is 3.97. The molecule has 1 aliphatic rings. The first-order chi connectivity index (χ1) is 5.54. The molecule has 0 spiro atoms. The standard InChI is InChI=1S/C10H20ClN/c1-10(2,3)12-6-4-9(8-11)5-7-12/h9H,4-8H2,1-3H3. The van der Waals surface area contributed by atoms with Crippen molar-refractivity contribution in [2.75, 3.05) is 19.0 Å². The second-order valence-electron chi connectivity index (χ2n) is 4.76. The van der Waals surface area contributed by atoms with Gasteiger partial charge in [-0.3, -0.25) is 4.90 Å². The van der Waals surface area contributed by atoms with Crippen molar-refractivity contribution in [3.8, 4) is 0 Å². The molecule has 12 heavy (non-hydrogen) atoms. The van der Waals surface area contributed by atoms with Gasteiger partial charge in [-0.25, -0.2) is 0 Å². The van der Waals surface area contributed by atoms with Crippen molar-refractivity contribution in [3.63, 3.8) is 0 Å². The highest BCUT2D eigenvalue weighted by Gasteiger charge is 2.26. The molecule has 1 heterocycles. The number of nitrogens with zero attached hydrogens (tertiary/aromatic N) is 1. The number of hydrogen-bond donors (Lipinski definition) is 0. The van der Waals surface area contributed by atoms with Gasteiger partial charge in [0.05, 0.1) is 0 Å². The van der Waals surface area contributed by atoms with Gasteiger partial charge in [-0.2, -0.15) is 0 Å². The van der Waals surface area contributed by atoms with E-state index in [1.807, 2.05) is 0 Å². The van der Waals surface area contributed by atoms with Gasteiger partial charge in [0.15, 0.2) is 0 Å². The Kier molecular flexibility index (Phi) is 3.42. The first-order valence-electron chi connectivity index (χ1n) is 4.85. The smallest absolute Gasteiger partial charge is 0.0252 e. The van der Waals surface area contributed by atoms with Crippen LogP contribution in [0.2, 0.25) is 0 Å². The molecule has 0 bridgehead atoms. The van der Waals surface area contributed by atoms with Crippen LogP contribution in [0.3, 0.4) is 0 Å². The number of hydrogen-bond acceptors (Lipinski definition) is 1. The zero-order valence-electron chi connectivity index (χ0n) is 8.44. The summed E-state index contributed by atoms with van der Waals surface area (Å²) in [5.41, 5.74) is 0.345. The lowest BCUT2D eigenvalue weighted by atomic mass is 9.94. The summed E-state index contributed by atoms with van der Waals surface area (Å²) >= 11 is 5.82. The summed E-state index contributed by atoms with van der Waals surface area (Å²) in [5, 5.41) is 0. The van der Waals surface area contributed by atoms with Crippen LogP contribution >= 0.6 is 11.6 Å². The van der Waals surface area contributed by atoms with Gasteiger partial charge >= 0.3 is 0 Å². The van der Waals surface area contributed by atoms with Crippen LogP contribution in [0.5, 0.6) is 0 Å². The van der Waals surface area contributed by atoms with Crippen LogP contribution in [-0.2, 0) is 0 Å². The molecular weight excluding hydrogens is 170 g/mol. The van der Waals surface area contributed by atoms with Crippen LogP contribution in [-0.4, -0.2) is 29.4 Å². The molecule has 1 nitrogen and oxygen atoms in total. The minimum atomic E-state index is 0.345. The number of alkyl halides is 1. The average molecular weight is 190 g/mol. The third kappa shape index (κ3) is 2.63. The zero-order chi connectivity index (χ0) is 9.19. The summed E-state index contributed by atoms with van der Waals surface area (Å²) in [6, 6.07) is 0. The van der Waals surface area contributed by atoms with E-state index in [9.17, 15) is 0 Å². The summed E-state index contributed by atoms with van der Waals surface area (Å²) in [4.78, 5) is 2.55. The molecule has 1 fully saturated rings. The van der Waals surface area contributed by atoms with Gasteiger partial charge in [0, 0.05) is 11.4 Å². The fourth-order valence-electron chi connectivity index (χ4n) is 1.76. The van der Waals surface area contributed by atoms with Gasteiger partial charge in [0.1, 0.15) is 0 Å². The third-order valence-corrected chi connectivity index (χ3v) is 3.22. The largest absolute Gasteiger partial charge is 0.298 e. The van der Waals surface area contributed by atoms with E-state index in [1.165, 1.54) is 25.9 Å². The lowest BCUT2D eigenvalue weighted by Crippen LogP contribution is -2.46. The van der Waals surface area contributed by atoms with Crippen molar-refractivity contribution in [2.24, 2.45) is 5.92 Å². The molecule has 1 rings (SSSR count). The van der Waals surface area contributed by atoms with Crippen molar-refractivity contribution in [3.05, 3.63) is 0 Å². The number of likely N-dealkylation sites (tertiary alicyclic amines) is 1. The Morgan fingerprint density at radius 1 is 1.25 bits per heavy atom. The van der Waals surface area contributed by atoms with Gasteiger partial charge in [-0.05, 0) is 52.6 Å². The van der Waals surface area contributed by atoms with Crippen molar-refractivity contribution in [2.45, 2.75) is 39.2 Å². The molecule has 0 unspecified atom stereocenters. The summed E-state index contributed by atoms with van der Waals surface area (Å²) < 4.78 is 0. The molecule has 72 valence electrons. The number of piperidine rings is 1. The maximum absolute atomic E-state index is 5.82. The van der Waals surface area contributed by atoms with E-state index in [1.54, 1.807) is 0 Å². The molecule has 0 aromatic carbocycles. The van der Waals surface area contributed by atoms with Gasteiger partial charge in [0.25, 0.3) is 0 Å². The predicted molar refractivity (Wildman–Crippen MR) is 54.8 cm³/mol. The molecule has 0 saturated carbocycles. The maximum Gasteiger partial charge on any atom is 0.0252 e. The Balaban J connectivity index is 2.36. The van der Waals surface area contributed by atoms with Crippen molar-refractivity contribution < 1.29 is 0 Å². The summed E-state index contributed by atoms with van der Waals surface area (Å²) in [6.45, 7) is 9.30. The van der Waals surface area contributed by atoms with E-state index >= 15 is 0 Å². The van der Waals surface area contributed by atoms with Crippen LogP contribution < -0.4 is 0 Å². The number of rotatable bonds is 1. The molecular formula is C10H20ClN. The fraction of sp³-hybridized carbons (Fsp3) is 1.00. The molecule has 0 N–H and O–H groups in total. The fourth-order valence-corrected chi connectivity index (χ4v) is 2.07. The quantitative estimate of drug-likeness (QED) is 0.574. The molecule has 1 aliphatic heterocycles. The highest BCUT2D eigenvalue weighted by molar-refractivity contribution is 6.18. The maximum atomic E-state index is 5.82. The number of halogens is 1. The first-order valence-corrected chi connectivity index (χ1v) is 5.38. The molecule has 2 heteroatoms. The first kappa shape index (κ1) is 10.3. The van der Waals surface area contributed by atoms with E-state index in [0.717, 1.165) is 11.8 Å². The van der Waals surface area contributed by atoms with Crippen LogP contribution in [0.25, 0.3) is 0 Å². The van der Waals surface area contributed by atoms with E-state index < -0.39 is 0 Å². The van der Waals surface area contributed by atoms with Gasteiger partial charge in [-0.1, -0.05) is 0 Å². The minimum Gasteiger partial charge on any atom is -0.298 e. The van der Waals surface area contributed by atoms with E-state index in [4.69, 9.17) is 11.6 Å². The average Bonchev–Trinajstić information content (AvgIpc) is 2.03. The van der Waals surface area contributed by atoms with Crippen LogP contribution in [0.1, 0.15) is 33.6 Å². The molecule has 0 aromatic rings. The molecule has 0 radical (unpaired) electrons. The zero-order valence-corrected chi connectivity index (χ0v) is 9.19. The van der Waals surface area contributed by atoms with Crippen LogP contribution in [0.15, 0.2) is 0 Å². The Bertz CT molecular complexity index is 131. The van der Waals surface area contributed by atoms with Crippen molar-refractivity contribution >= 4 is 11.6 Å². The molecule has 0 aromatic heterocycles. The van der Waals surface area contributed by atoms with E-state index in [-0.39, 0.29) is 0 Å². The Labute approximate surface area is 81.1 Å². The Morgan fingerprint density at radius 2 is 1.75 bits per heavy atom. The lowest BCUT2D eigenvalue weighted by Gasteiger charge is -2.40. The minimum absolute atomic E-state index is 0.345. The topological polar surface area (TPSA) is 3.24 Å². The molecule has 0 aliphatic carbocycles. The molecule has 1 saturated heterocycles. The summed E-state index contributed by atoms with van der Waals surface area (Å²) in [7, 11) is 0. The van der Waals surface area contributed by atoms with E-state index in [0.29, 0.717) is 5.54 Å². The lowest BCUT2D eigenvalue weighted by molar-refractivity contribution is 0.0923. The van der Waals surface area contributed by atoms with Gasteiger partial charge in [-0.15, -0.1) is 11.6 Å². The molecule has 0 atom stereocenters. The van der Waals surface area contributed by atoms with Crippen LogP contribution in [0, 0.1) is 5.92 Å². The van der Waals surface area contributed by atoms with Gasteiger partial charge < -0.3 is 0 Å². The SMILES string of the molecule is CC(C)(C)N1CCC(CCl)CC1. The second-order valence-corrected chi connectivity index (χ2v) is 5.06. The van der Waals surface area contributed by atoms with Crippen molar-refractivity contribution in [1.29, 1.82) is 0 Å². The van der Waals surface area contributed by atoms with Crippen molar-refractivity contribution in [1.82, 2.24) is 4.90 Å². The van der Waals surface area contributed by atoms with Crippen LogP contribution in [0.4, 0.5) is 0 Å². The highest BCUT2D eigenvalue weighted by Crippen LogP contribution is 2.24. The monoisotopic (exact) mass is 189 g/mol. The summed E-state index contributed by atoms with van der Waals surface area (Å²) in [6.07, 6.45) is 2.56. The summed E-state index contributed by atoms with van der Waals surface area (Å²) in [5.74, 6) is 1.61. The third-order valence-electron chi connectivity index (χ3n) is 2.78. The highest BCUT2D eigenvalue weighted by atomic mass is 35.5. The van der Waals surface area contributed by atoms with E-state index in [2.05, 4.69) is 25.7 Å². The predicted octanol–water partition coefficient (Wildman–Crippen LogP) is 2.74. The Morgan fingerprint density at radius 3 is 2.08 bits per heavy atom. The Hall–Kier alpha value is 0.250. The molecule has 0 amide bonds. The normalized spacial score (nSPS) is 23.0.